The Bertz CT molecular complexity index is 841. The summed E-state index contributed by atoms with van der Waals surface area (Å²) >= 11 is 7.38. The number of aromatic nitrogens is 3. The van der Waals surface area contributed by atoms with E-state index in [-0.39, 0.29) is 5.82 Å². The van der Waals surface area contributed by atoms with E-state index in [9.17, 15) is 4.39 Å². The number of hydrogen-bond donors (Lipinski definition) is 0. The molecule has 0 amide bonds. The summed E-state index contributed by atoms with van der Waals surface area (Å²) < 4.78 is 26.0. The molecule has 0 spiro atoms. The molecule has 26 heavy (non-hydrogen) atoms. The predicted octanol–water partition coefficient (Wildman–Crippen LogP) is 4.36. The molecule has 3 rings (SSSR count). The van der Waals surface area contributed by atoms with Gasteiger partial charge in [-0.25, -0.2) is 4.39 Å². The second kappa shape index (κ2) is 8.91. The van der Waals surface area contributed by atoms with Gasteiger partial charge >= 0.3 is 0 Å². The van der Waals surface area contributed by atoms with Gasteiger partial charge in [-0.15, -0.1) is 10.2 Å². The molecular formula is C18H17ClFN3O2S. The van der Waals surface area contributed by atoms with Gasteiger partial charge in [-0.3, -0.25) is 0 Å². The lowest BCUT2D eigenvalue weighted by Crippen LogP contribution is -2.05. The predicted molar refractivity (Wildman–Crippen MR) is 99.4 cm³/mol. The van der Waals surface area contributed by atoms with E-state index in [1.54, 1.807) is 36.4 Å². The Morgan fingerprint density at radius 3 is 2.38 bits per heavy atom. The van der Waals surface area contributed by atoms with E-state index in [1.165, 1.54) is 23.9 Å². The van der Waals surface area contributed by atoms with Crippen LogP contribution in [0.2, 0.25) is 5.02 Å². The van der Waals surface area contributed by atoms with Crippen molar-refractivity contribution >= 4 is 23.4 Å². The molecule has 8 heteroatoms. The molecule has 1 aromatic heterocycles. The third kappa shape index (κ3) is 5.12. The lowest BCUT2D eigenvalue weighted by atomic mass is 10.3. The molecule has 0 fully saturated rings. The zero-order valence-corrected chi connectivity index (χ0v) is 15.6. The minimum Gasteiger partial charge on any atom is -0.493 e. The fraction of sp³-hybridized carbons (Fsp3) is 0.222. The van der Waals surface area contributed by atoms with Crippen LogP contribution in [0.5, 0.6) is 11.5 Å². The molecule has 0 aliphatic rings. The van der Waals surface area contributed by atoms with Gasteiger partial charge in [0.2, 0.25) is 0 Å². The number of hydrogen-bond acceptors (Lipinski definition) is 5. The fourth-order valence-corrected chi connectivity index (χ4v) is 2.97. The standard InChI is InChI=1S/C18H17ClFN3O2S/c1-23-17(12-25-16-6-2-13(19)3-7-16)21-22-18(23)26-11-10-24-15-8-4-14(20)5-9-15/h2-9H,10-12H2,1H3. The number of thioether (sulfide) groups is 1. The summed E-state index contributed by atoms with van der Waals surface area (Å²) in [5, 5.41) is 9.77. The van der Waals surface area contributed by atoms with Gasteiger partial charge in [0.15, 0.2) is 11.0 Å². The monoisotopic (exact) mass is 393 g/mol. The fourth-order valence-electron chi connectivity index (χ4n) is 2.10. The van der Waals surface area contributed by atoms with E-state index < -0.39 is 0 Å². The van der Waals surface area contributed by atoms with Crippen molar-refractivity contribution in [2.24, 2.45) is 7.05 Å². The lowest BCUT2D eigenvalue weighted by Gasteiger charge is -2.07. The van der Waals surface area contributed by atoms with E-state index in [4.69, 9.17) is 21.1 Å². The number of halogens is 2. The lowest BCUT2D eigenvalue weighted by molar-refractivity contribution is 0.290. The Morgan fingerprint density at radius 1 is 1.00 bits per heavy atom. The third-order valence-electron chi connectivity index (χ3n) is 3.50. The SMILES string of the molecule is Cn1c(COc2ccc(Cl)cc2)nnc1SCCOc1ccc(F)cc1. The Balaban J connectivity index is 1.45. The van der Waals surface area contributed by atoms with Crippen LogP contribution in [0, 0.1) is 5.82 Å². The highest BCUT2D eigenvalue weighted by atomic mass is 35.5. The molecule has 3 aromatic rings. The number of rotatable bonds is 8. The zero-order valence-electron chi connectivity index (χ0n) is 14.1. The van der Waals surface area contributed by atoms with Crippen molar-refractivity contribution in [3.8, 4) is 11.5 Å². The average Bonchev–Trinajstić information content (AvgIpc) is 3.00. The molecule has 1 heterocycles. The molecule has 2 aromatic carbocycles. The first kappa shape index (κ1) is 18.5. The molecular weight excluding hydrogens is 377 g/mol. The highest BCUT2D eigenvalue weighted by molar-refractivity contribution is 7.99. The average molecular weight is 394 g/mol. The van der Waals surface area contributed by atoms with Crippen LogP contribution in [0.1, 0.15) is 5.82 Å². The maximum absolute atomic E-state index is 12.8. The number of benzene rings is 2. The van der Waals surface area contributed by atoms with Crippen molar-refractivity contribution in [3.05, 3.63) is 65.2 Å². The summed E-state index contributed by atoms with van der Waals surface area (Å²) in [4.78, 5) is 0. The van der Waals surface area contributed by atoms with Crippen molar-refractivity contribution in [2.75, 3.05) is 12.4 Å². The van der Waals surface area contributed by atoms with Crippen molar-refractivity contribution in [2.45, 2.75) is 11.8 Å². The molecule has 0 bridgehead atoms. The molecule has 0 aliphatic heterocycles. The van der Waals surface area contributed by atoms with Crippen molar-refractivity contribution in [3.63, 3.8) is 0 Å². The van der Waals surface area contributed by atoms with Crippen LogP contribution in [0.3, 0.4) is 0 Å². The first-order valence-electron chi connectivity index (χ1n) is 7.89. The number of ether oxygens (including phenoxy) is 2. The molecule has 0 N–H and O–H groups in total. The van der Waals surface area contributed by atoms with Gasteiger partial charge in [0.1, 0.15) is 23.9 Å². The molecule has 0 aliphatic carbocycles. The van der Waals surface area contributed by atoms with Gasteiger partial charge in [0, 0.05) is 17.8 Å². The second-order valence-electron chi connectivity index (χ2n) is 5.35. The van der Waals surface area contributed by atoms with Crippen LogP contribution in [0.15, 0.2) is 53.7 Å². The van der Waals surface area contributed by atoms with Gasteiger partial charge in [-0.1, -0.05) is 23.4 Å². The highest BCUT2D eigenvalue weighted by Crippen LogP contribution is 2.19. The summed E-state index contributed by atoms with van der Waals surface area (Å²) in [6, 6.07) is 13.1. The molecule has 0 saturated heterocycles. The Hall–Kier alpha value is -2.25. The van der Waals surface area contributed by atoms with Crippen LogP contribution in [0.4, 0.5) is 4.39 Å². The third-order valence-corrected chi connectivity index (χ3v) is 4.74. The maximum atomic E-state index is 12.8. The number of nitrogens with zero attached hydrogens (tertiary/aromatic N) is 3. The highest BCUT2D eigenvalue weighted by Gasteiger charge is 2.10. The summed E-state index contributed by atoms with van der Waals surface area (Å²) in [5.74, 6) is 2.50. The van der Waals surface area contributed by atoms with Crippen molar-refractivity contribution in [1.82, 2.24) is 14.8 Å². The quantitative estimate of drug-likeness (QED) is 0.420. The normalized spacial score (nSPS) is 10.7. The molecule has 0 unspecified atom stereocenters. The smallest absolute Gasteiger partial charge is 0.191 e. The van der Waals surface area contributed by atoms with Crippen LogP contribution >= 0.6 is 23.4 Å². The molecule has 0 atom stereocenters. The summed E-state index contributed by atoms with van der Waals surface area (Å²) in [5.41, 5.74) is 0. The summed E-state index contributed by atoms with van der Waals surface area (Å²) in [7, 11) is 1.89. The Labute approximate surface area is 160 Å². The molecule has 0 radical (unpaired) electrons. The van der Waals surface area contributed by atoms with Crippen molar-refractivity contribution < 1.29 is 13.9 Å². The summed E-state index contributed by atoms with van der Waals surface area (Å²) in [6.07, 6.45) is 0. The molecule has 136 valence electrons. The minimum atomic E-state index is -0.279. The van der Waals surface area contributed by atoms with E-state index in [0.29, 0.717) is 29.7 Å². The van der Waals surface area contributed by atoms with Crippen LogP contribution in [-0.4, -0.2) is 27.1 Å². The topological polar surface area (TPSA) is 49.2 Å². The van der Waals surface area contributed by atoms with Crippen molar-refractivity contribution in [1.29, 1.82) is 0 Å². The summed E-state index contributed by atoms with van der Waals surface area (Å²) in [6.45, 7) is 0.803. The van der Waals surface area contributed by atoms with Crippen LogP contribution < -0.4 is 9.47 Å². The molecule has 0 saturated carbocycles. The van der Waals surface area contributed by atoms with Gasteiger partial charge in [-0.05, 0) is 48.5 Å². The Morgan fingerprint density at radius 2 is 1.65 bits per heavy atom. The van der Waals surface area contributed by atoms with E-state index in [2.05, 4.69) is 10.2 Å². The first-order valence-corrected chi connectivity index (χ1v) is 9.26. The minimum absolute atomic E-state index is 0.279. The van der Waals surface area contributed by atoms with E-state index in [0.717, 1.165) is 16.7 Å². The maximum Gasteiger partial charge on any atom is 0.191 e. The second-order valence-corrected chi connectivity index (χ2v) is 6.85. The molecule has 5 nitrogen and oxygen atoms in total. The Kier molecular flexibility index (Phi) is 6.35. The van der Waals surface area contributed by atoms with E-state index in [1.807, 2.05) is 11.6 Å². The van der Waals surface area contributed by atoms with Gasteiger partial charge < -0.3 is 14.0 Å². The van der Waals surface area contributed by atoms with Gasteiger partial charge in [0.25, 0.3) is 0 Å². The van der Waals surface area contributed by atoms with Gasteiger partial charge in [-0.2, -0.15) is 0 Å². The van der Waals surface area contributed by atoms with Crippen LogP contribution in [-0.2, 0) is 13.7 Å². The largest absolute Gasteiger partial charge is 0.493 e. The van der Waals surface area contributed by atoms with E-state index >= 15 is 0 Å². The zero-order chi connectivity index (χ0) is 18.4. The van der Waals surface area contributed by atoms with Gasteiger partial charge in [0.05, 0.1) is 6.61 Å². The first-order chi connectivity index (χ1) is 12.6. The van der Waals surface area contributed by atoms with Crippen LogP contribution in [0.25, 0.3) is 0 Å².